The first kappa shape index (κ1) is 13.5. The average molecular weight is 261 g/mol. The molecule has 1 aliphatic heterocycles. The van der Waals surface area contributed by atoms with Crippen LogP contribution in [-0.2, 0) is 11.2 Å². The zero-order valence-corrected chi connectivity index (χ0v) is 10.9. The van der Waals surface area contributed by atoms with Gasteiger partial charge in [0.15, 0.2) is 0 Å². The topological polar surface area (TPSA) is 32.3 Å². The van der Waals surface area contributed by atoms with Gasteiger partial charge in [-0.05, 0) is 18.4 Å². The molecular weight excluding hydrogens is 244 g/mol. The Bertz CT molecular complexity index is 329. The maximum Gasteiger partial charge on any atom is 0.228 e. The molecule has 90 valence electrons. The summed E-state index contributed by atoms with van der Waals surface area (Å²) in [6.45, 7) is 4.76. The van der Waals surface area contributed by atoms with Crippen LogP contribution in [0.5, 0.6) is 0 Å². The molecular formula is C11H17ClN2OS. The quantitative estimate of drug-likeness (QED) is 0.875. The second kappa shape index (κ2) is 6.23. The Morgan fingerprint density at radius 1 is 1.69 bits per heavy atom. The van der Waals surface area contributed by atoms with Crippen LogP contribution in [0.2, 0.25) is 0 Å². The fraction of sp³-hybridized carbons (Fsp3) is 0.545. The largest absolute Gasteiger partial charge is 0.337 e. The number of rotatable bonds is 2. The normalized spacial score (nSPS) is 20.3. The Hall–Kier alpha value is -0.580. The van der Waals surface area contributed by atoms with Crippen molar-refractivity contribution in [2.75, 3.05) is 19.6 Å². The average Bonchev–Trinajstić information content (AvgIpc) is 2.71. The molecule has 1 atom stereocenters. The minimum atomic E-state index is 0. The highest BCUT2D eigenvalue weighted by Gasteiger charge is 2.22. The predicted molar refractivity (Wildman–Crippen MR) is 69.3 cm³/mol. The molecule has 3 nitrogen and oxygen atoms in total. The molecule has 0 aliphatic carbocycles. The van der Waals surface area contributed by atoms with E-state index in [1.807, 2.05) is 22.4 Å². The van der Waals surface area contributed by atoms with Crippen molar-refractivity contribution < 1.29 is 4.79 Å². The lowest BCUT2D eigenvalue weighted by molar-refractivity contribution is -0.133. The lowest BCUT2D eigenvalue weighted by atomic mass is 10.2. The molecule has 1 N–H and O–H groups in total. The highest BCUT2D eigenvalue weighted by atomic mass is 35.5. The van der Waals surface area contributed by atoms with Gasteiger partial charge in [0.1, 0.15) is 0 Å². The summed E-state index contributed by atoms with van der Waals surface area (Å²) in [7, 11) is 0. The summed E-state index contributed by atoms with van der Waals surface area (Å²) in [5.41, 5.74) is 0. The van der Waals surface area contributed by atoms with Crippen LogP contribution < -0.4 is 5.32 Å². The standard InChI is InChI=1S/C11H16N2OS.ClH/c1-9-8-12-4-5-13(9)11(14)7-10-3-2-6-15-10;/h2-3,6,9,12H,4-5,7-8H2,1H3;1H. The van der Waals surface area contributed by atoms with Gasteiger partial charge in [-0.25, -0.2) is 0 Å². The van der Waals surface area contributed by atoms with E-state index in [0.717, 1.165) is 24.5 Å². The van der Waals surface area contributed by atoms with Crippen LogP contribution in [0, 0.1) is 0 Å². The molecule has 0 bridgehead atoms. The molecule has 0 radical (unpaired) electrons. The van der Waals surface area contributed by atoms with Gasteiger partial charge in [0, 0.05) is 30.6 Å². The van der Waals surface area contributed by atoms with Crippen LogP contribution in [0.1, 0.15) is 11.8 Å². The Kier molecular flexibility index (Phi) is 5.25. The van der Waals surface area contributed by atoms with E-state index in [-0.39, 0.29) is 18.3 Å². The maximum atomic E-state index is 12.0. The lowest BCUT2D eigenvalue weighted by Crippen LogP contribution is -2.52. The summed E-state index contributed by atoms with van der Waals surface area (Å²) < 4.78 is 0. The summed E-state index contributed by atoms with van der Waals surface area (Å²) in [6.07, 6.45) is 0.558. The summed E-state index contributed by atoms with van der Waals surface area (Å²) in [4.78, 5) is 15.1. The van der Waals surface area contributed by atoms with Crippen LogP contribution in [0.25, 0.3) is 0 Å². The van der Waals surface area contributed by atoms with Crippen LogP contribution in [0.15, 0.2) is 17.5 Å². The van der Waals surface area contributed by atoms with E-state index in [9.17, 15) is 4.79 Å². The number of nitrogens with one attached hydrogen (secondary N) is 1. The Morgan fingerprint density at radius 2 is 2.50 bits per heavy atom. The van der Waals surface area contributed by atoms with Crippen LogP contribution in [0.3, 0.4) is 0 Å². The second-order valence-electron chi connectivity index (χ2n) is 3.90. The minimum absolute atomic E-state index is 0. The van der Waals surface area contributed by atoms with E-state index < -0.39 is 0 Å². The SMILES string of the molecule is CC1CNCCN1C(=O)Cc1cccs1.Cl. The summed E-state index contributed by atoms with van der Waals surface area (Å²) in [5.74, 6) is 0.256. The molecule has 1 unspecified atom stereocenters. The molecule has 2 heterocycles. The fourth-order valence-corrected chi connectivity index (χ4v) is 2.57. The van der Waals surface area contributed by atoms with E-state index in [2.05, 4.69) is 12.2 Å². The highest BCUT2D eigenvalue weighted by molar-refractivity contribution is 7.10. The monoisotopic (exact) mass is 260 g/mol. The first-order chi connectivity index (χ1) is 7.27. The molecule has 1 amide bonds. The third kappa shape index (κ3) is 3.20. The summed E-state index contributed by atoms with van der Waals surface area (Å²) >= 11 is 1.65. The Balaban J connectivity index is 0.00000128. The first-order valence-corrected chi connectivity index (χ1v) is 6.18. The molecule has 0 spiro atoms. The van der Waals surface area contributed by atoms with Crippen molar-refractivity contribution in [2.45, 2.75) is 19.4 Å². The van der Waals surface area contributed by atoms with Gasteiger partial charge in [0.05, 0.1) is 6.42 Å². The van der Waals surface area contributed by atoms with Crippen molar-refractivity contribution >= 4 is 29.7 Å². The molecule has 1 aromatic rings. The van der Waals surface area contributed by atoms with Crippen molar-refractivity contribution in [3.05, 3.63) is 22.4 Å². The molecule has 1 saturated heterocycles. The molecule has 0 aromatic carbocycles. The number of nitrogens with zero attached hydrogens (tertiary/aromatic N) is 1. The van der Waals surface area contributed by atoms with E-state index in [1.165, 1.54) is 0 Å². The van der Waals surface area contributed by atoms with Crippen molar-refractivity contribution in [3.8, 4) is 0 Å². The maximum absolute atomic E-state index is 12.0. The number of hydrogen-bond acceptors (Lipinski definition) is 3. The summed E-state index contributed by atoms with van der Waals surface area (Å²) in [6, 6.07) is 4.34. The number of halogens is 1. The van der Waals surface area contributed by atoms with Gasteiger partial charge in [-0.2, -0.15) is 0 Å². The van der Waals surface area contributed by atoms with Gasteiger partial charge in [0.2, 0.25) is 5.91 Å². The highest BCUT2D eigenvalue weighted by Crippen LogP contribution is 2.12. The van der Waals surface area contributed by atoms with Gasteiger partial charge in [-0.3, -0.25) is 4.79 Å². The van der Waals surface area contributed by atoms with Crippen molar-refractivity contribution in [1.82, 2.24) is 10.2 Å². The molecule has 0 saturated carbocycles. The van der Waals surface area contributed by atoms with E-state index in [0.29, 0.717) is 12.5 Å². The number of thiophene rings is 1. The van der Waals surface area contributed by atoms with E-state index >= 15 is 0 Å². The smallest absolute Gasteiger partial charge is 0.228 e. The molecule has 2 rings (SSSR count). The van der Waals surface area contributed by atoms with Crippen molar-refractivity contribution in [1.29, 1.82) is 0 Å². The van der Waals surface area contributed by atoms with E-state index in [1.54, 1.807) is 11.3 Å². The van der Waals surface area contributed by atoms with Crippen LogP contribution in [-0.4, -0.2) is 36.5 Å². The third-order valence-corrected chi connectivity index (χ3v) is 3.60. The van der Waals surface area contributed by atoms with Gasteiger partial charge in [-0.1, -0.05) is 6.07 Å². The number of amides is 1. The molecule has 1 aliphatic rings. The van der Waals surface area contributed by atoms with Gasteiger partial charge in [-0.15, -0.1) is 23.7 Å². The van der Waals surface area contributed by atoms with E-state index in [4.69, 9.17) is 0 Å². The van der Waals surface area contributed by atoms with Crippen LogP contribution in [0.4, 0.5) is 0 Å². The molecule has 16 heavy (non-hydrogen) atoms. The molecule has 1 fully saturated rings. The Labute approximate surface area is 106 Å². The lowest BCUT2D eigenvalue weighted by Gasteiger charge is -2.34. The summed E-state index contributed by atoms with van der Waals surface area (Å²) in [5, 5.41) is 5.30. The zero-order chi connectivity index (χ0) is 10.7. The second-order valence-corrected chi connectivity index (χ2v) is 4.93. The first-order valence-electron chi connectivity index (χ1n) is 5.30. The van der Waals surface area contributed by atoms with Gasteiger partial charge < -0.3 is 10.2 Å². The Morgan fingerprint density at radius 3 is 3.12 bits per heavy atom. The van der Waals surface area contributed by atoms with Gasteiger partial charge >= 0.3 is 0 Å². The number of piperazine rings is 1. The van der Waals surface area contributed by atoms with Crippen LogP contribution >= 0.6 is 23.7 Å². The number of hydrogen-bond donors (Lipinski definition) is 1. The van der Waals surface area contributed by atoms with Gasteiger partial charge in [0.25, 0.3) is 0 Å². The molecule has 5 heteroatoms. The molecule has 1 aromatic heterocycles. The fourth-order valence-electron chi connectivity index (χ4n) is 1.88. The predicted octanol–water partition coefficient (Wildman–Crippen LogP) is 1.53. The third-order valence-electron chi connectivity index (χ3n) is 2.73. The number of carbonyl (C=O) groups is 1. The van der Waals surface area contributed by atoms with Crippen molar-refractivity contribution in [3.63, 3.8) is 0 Å². The van der Waals surface area contributed by atoms with Crippen molar-refractivity contribution in [2.24, 2.45) is 0 Å². The zero-order valence-electron chi connectivity index (χ0n) is 9.31. The minimum Gasteiger partial charge on any atom is -0.337 e. The number of carbonyl (C=O) groups excluding carboxylic acids is 1.